The zero-order chi connectivity index (χ0) is 21.8. The molecule has 2 aliphatic rings. The van der Waals surface area contributed by atoms with Crippen LogP contribution in [0.1, 0.15) is 56.4 Å². The number of carbonyl (C=O) groups excluding carboxylic acids is 2. The van der Waals surface area contributed by atoms with Crippen LogP contribution in [-0.4, -0.2) is 63.4 Å². The van der Waals surface area contributed by atoms with Crippen LogP contribution in [-0.2, 0) is 20.8 Å². The van der Waals surface area contributed by atoms with E-state index in [0.717, 1.165) is 25.8 Å². The first kappa shape index (κ1) is 22.1. The van der Waals surface area contributed by atoms with Crippen LogP contribution >= 0.6 is 0 Å². The Bertz CT molecular complexity index is 779. The van der Waals surface area contributed by atoms with Crippen LogP contribution in [0.15, 0.2) is 12.5 Å². The number of hydrogen-bond donors (Lipinski definition) is 1. The van der Waals surface area contributed by atoms with Crippen molar-refractivity contribution in [3.63, 3.8) is 0 Å². The van der Waals surface area contributed by atoms with Crippen LogP contribution in [0.4, 0.5) is 4.79 Å². The van der Waals surface area contributed by atoms with Crippen molar-refractivity contribution >= 4 is 18.0 Å². The van der Waals surface area contributed by atoms with Crippen molar-refractivity contribution in [3.05, 3.63) is 18.2 Å². The summed E-state index contributed by atoms with van der Waals surface area (Å²) < 4.78 is 11.8. The maximum Gasteiger partial charge on any atom is 0.410 e. The maximum atomic E-state index is 12.3. The Morgan fingerprint density at radius 1 is 1.23 bits per heavy atom. The van der Waals surface area contributed by atoms with Gasteiger partial charge in [0.1, 0.15) is 6.04 Å². The Kier molecular flexibility index (Phi) is 6.99. The Labute approximate surface area is 176 Å². The summed E-state index contributed by atoms with van der Waals surface area (Å²) in [7, 11) is 1.30. The first-order valence-corrected chi connectivity index (χ1v) is 10.7. The SMILES string of the molecule is CCOC(=O)c1cn(C[C@H]2CC[C@H]3C(CC)N(C(=O)OC)[C@H](C(=O)O)C[C@H]3C2)cn1. The number of piperidine rings is 1. The fraction of sp³-hybridized carbons (Fsp3) is 0.714. The van der Waals surface area contributed by atoms with E-state index in [0.29, 0.717) is 31.1 Å². The molecule has 1 saturated carbocycles. The number of imidazole rings is 1. The summed E-state index contributed by atoms with van der Waals surface area (Å²) in [5, 5.41) is 9.75. The summed E-state index contributed by atoms with van der Waals surface area (Å²) in [5.41, 5.74) is 0.300. The van der Waals surface area contributed by atoms with Crippen LogP contribution in [0.3, 0.4) is 0 Å². The lowest BCUT2D eigenvalue weighted by atomic mass is 9.65. The normalized spacial score (nSPS) is 28.5. The molecular formula is C21H31N3O6. The largest absolute Gasteiger partial charge is 0.480 e. The van der Waals surface area contributed by atoms with E-state index in [2.05, 4.69) is 4.98 Å². The molecule has 1 saturated heterocycles. The predicted molar refractivity (Wildman–Crippen MR) is 107 cm³/mol. The molecule has 2 heterocycles. The number of aromatic nitrogens is 2. The molecule has 1 aromatic rings. The number of carbonyl (C=O) groups is 3. The van der Waals surface area contributed by atoms with Gasteiger partial charge in [0.25, 0.3) is 0 Å². The Hall–Kier alpha value is -2.58. The lowest BCUT2D eigenvalue weighted by molar-refractivity contribution is -0.149. The van der Waals surface area contributed by atoms with E-state index in [1.54, 1.807) is 19.4 Å². The standard InChI is InChI=1S/C21H31N3O6/c1-4-17-15-7-6-13(10-23-11-16(22-12-23)20(27)30-5-2)8-14(15)9-18(19(25)26)24(17)21(28)29-3/h11-15,17-18H,4-10H2,1-3H3,(H,25,26)/t13-,14+,15+,17?,18-/m0/s1. The van der Waals surface area contributed by atoms with Gasteiger partial charge in [0.15, 0.2) is 5.69 Å². The molecule has 1 N–H and O–H groups in total. The highest BCUT2D eigenvalue weighted by molar-refractivity contribution is 5.86. The van der Waals surface area contributed by atoms with Crippen LogP contribution < -0.4 is 0 Å². The molecule has 1 aliphatic heterocycles. The average molecular weight is 421 g/mol. The fourth-order valence-corrected chi connectivity index (χ4v) is 5.32. The van der Waals surface area contributed by atoms with E-state index in [4.69, 9.17) is 9.47 Å². The molecule has 0 aromatic carbocycles. The number of amides is 1. The first-order chi connectivity index (χ1) is 14.4. The second kappa shape index (κ2) is 9.49. The minimum Gasteiger partial charge on any atom is -0.480 e. The summed E-state index contributed by atoms with van der Waals surface area (Å²) in [4.78, 5) is 41.6. The summed E-state index contributed by atoms with van der Waals surface area (Å²) in [6.45, 7) is 4.79. The fourth-order valence-electron chi connectivity index (χ4n) is 5.32. The highest BCUT2D eigenvalue weighted by Crippen LogP contribution is 2.45. The van der Waals surface area contributed by atoms with Gasteiger partial charge in [0.05, 0.1) is 20.0 Å². The Balaban J connectivity index is 1.70. The van der Waals surface area contributed by atoms with Crippen molar-refractivity contribution in [2.45, 2.75) is 64.6 Å². The highest BCUT2D eigenvalue weighted by atomic mass is 16.5. The maximum absolute atomic E-state index is 12.3. The third-order valence-corrected chi connectivity index (χ3v) is 6.54. The molecular weight excluding hydrogens is 390 g/mol. The summed E-state index contributed by atoms with van der Waals surface area (Å²) >= 11 is 0. The second-order valence-electron chi connectivity index (χ2n) is 8.22. The summed E-state index contributed by atoms with van der Waals surface area (Å²) in [6.07, 6.45) is 6.76. The number of hydrogen-bond acceptors (Lipinski definition) is 6. The van der Waals surface area contributed by atoms with E-state index in [9.17, 15) is 19.5 Å². The van der Waals surface area contributed by atoms with Gasteiger partial charge < -0.3 is 19.1 Å². The zero-order valence-electron chi connectivity index (χ0n) is 17.8. The average Bonchev–Trinajstić information content (AvgIpc) is 3.20. The third kappa shape index (κ3) is 4.44. The molecule has 1 amide bonds. The van der Waals surface area contributed by atoms with Gasteiger partial charge >= 0.3 is 18.0 Å². The molecule has 1 aromatic heterocycles. The highest BCUT2D eigenvalue weighted by Gasteiger charge is 2.49. The summed E-state index contributed by atoms with van der Waals surface area (Å²) in [6, 6.07) is -0.979. The Morgan fingerprint density at radius 2 is 2.00 bits per heavy atom. The van der Waals surface area contributed by atoms with Gasteiger partial charge in [0, 0.05) is 18.8 Å². The van der Waals surface area contributed by atoms with Gasteiger partial charge in [-0.05, 0) is 56.8 Å². The molecule has 166 valence electrons. The van der Waals surface area contributed by atoms with Gasteiger partial charge in [-0.3, -0.25) is 4.90 Å². The number of carboxylic acids is 1. The number of ether oxygens (including phenoxy) is 2. The monoisotopic (exact) mass is 421 g/mol. The summed E-state index contributed by atoms with van der Waals surface area (Å²) in [5.74, 6) is -0.520. The van der Waals surface area contributed by atoms with Crippen molar-refractivity contribution in [1.82, 2.24) is 14.5 Å². The number of carboxylic acid groups (broad SMARTS) is 1. The molecule has 1 aliphatic carbocycles. The molecule has 1 unspecified atom stereocenters. The molecule has 9 heteroatoms. The second-order valence-corrected chi connectivity index (χ2v) is 8.22. The van der Waals surface area contributed by atoms with E-state index >= 15 is 0 Å². The zero-order valence-corrected chi connectivity index (χ0v) is 17.8. The number of esters is 1. The van der Waals surface area contributed by atoms with Gasteiger partial charge in [-0.1, -0.05) is 6.92 Å². The van der Waals surface area contributed by atoms with Gasteiger partial charge in [-0.15, -0.1) is 0 Å². The minimum absolute atomic E-state index is 0.123. The lowest BCUT2D eigenvalue weighted by Gasteiger charge is -2.51. The lowest BCUT2D eigenvalue weighted by Crippen LogP contribution is -2.60. The van der Waals surface area contributed by atoms with E-state index in [-0.39, 0.29) is 17.9 Å². The molecule has 5 atom stereocenters. The molecule has 3 rings (SSSR count). The van der Waals surface area contributed by atoms with Crippen molar-refractivity contribution in [3.8, 4) is 0 Å². The first-order valence-electron chi connectivity index (χ1n) is 10.7. The number of rotatable bonds is 6. The van der Waals surface area contributed by atoms with Crippen LogP contribution in [0.2, 0.25) is 0 Å². The number of methoxy groups -OCH3 is 1. The number of likely N-dealkylation sites (tertiary alicyclic amines) is 1. The number of nitrogens with zero attached hydrogens (tertiary/aromatic N) is 3. The van der Waals surface area contributed by atoms with E-state index in [1.165, 1.54) is 12.0 Å². The molecule has 0 radical (unpaired) electrons. The van der Waals surface area contributed by atoms with Crippen LogP contribution in [0.25, 0.3) is 0 Å². The molecule has 2 fully saturated rings. The van der Waals surface area contributed by atoms with Gasteiger partial charge in [0.2, 0.25) is 0 Å². The van der Waals surface area contributed by atoms with Crippen molar-refractivity contribution in [2.24, 2.45) is 17.8 Å². The topological polar surface area (TPSA) is 111 Å². The Morgan fingerprint density at radius 3 is 2.63 bits per heavy atom. The minimum atomic E-state index is -0.979. The third-order valence-electron chi connectivity index (χ3n) is 6.54. The number of aliphatic carboxylic acids is 1. The van der Waals surface area contributed by atoms with Crippen molar-refractivity contribution in [1.29, 1.82) is 0 Å². The molecule has 9 nitrogen and oxygen atoms in total. The van der Waals surface area contributed by atoms with Crippen LogP contribution in [0, 0.1) is 17.8 Å². The molecule has 30 heavy (non-hydrogen) atoms. The van der Waals surface area contributed by atoms with E-state index < -0.39 is 24.1 Å². The quantitative estimate of drug-likeness (QED) is 0.703. The predicted octanol–water partition coefficient (Wildman–Crippen LogP) is 2.80. The number of fused-ring (bicyclic) bond motifs is 1. The van der Waals surface area contributed by atoms with Gasteiger partial charge in [-0.2, -0.15) is 0 Å². The van der Waals surface area contributed by atoms with Crippen molar-refractivity contribution in [2.75, 3.05) is 13.7 Å². The van der Waals surface area contributed by atoms with Gasteiger partial charge in [-0.25, -0.2) is 19.4 Å². The van der Waals surface area contributed by atoms with Crippen LogP contribution in [0.5, 0.6) is 0 Å². The molecule has 0 spiro atoms. The van der Waals surface area contributed by atoms with E-state index in [1.807, 2.05) is 11.5 Å². The van der Waals surface area contributed by atoms with Crippen molar-refractivity contribution < 1.29 is 29.0 Å². The smallest absolute Gasteiger partial charge is 0.410 e. The molecule has 0 bridgehead atoms.